The van der Waals surface area contributed by atoms with E-state index in [1.54, 1.807) is 0 Å². The third-order valence-corrected chi connectivity index (χ3v) is 6.69. The lowest BCUT2D eigenvalue weighted by Gasteiger charge is -2.41. The summed E-state index contributed by atoms with van der Waals surface area (Å²) in [6, 6.07) is 17.4. The van der Waals surface area contributed by atoms with Crippen molar-refractivity contribution in [2.75, 3.05) is 0 Å². The van der Waals surface area contributed by atoms with E-state index in [-0.39, 0.29) is 9.34 Å². The van der Waals surface area contributed by atoms with Gasteiger partial charge >= 0.3 is 0 Å². The van der Waals surface area contributed by atoms with Crippen LogP contribution >= 0.6 is 15.9 Å². The van der Waals surface area contributed by atoms with Gasteiger partial charge in [-0.3, -0.25) is 0 Å². The average molecular weight is 370 g/mol. The summed E-state index contributed by atoms with van der Waals surface area (Å²) in [6.45, 7) is 0. The van der Waals surface area contributed by atoms with Gasteiger partial charge in [0.15, 0.2) is 0 Å². The molecule has 6 heteroatoms. The Kier molecular flexibility index (Phi) is 4.55. The van der Waals surface area contributed by atoms with Gasteiger partial charge < -0.3 is 0 Å². The van der Waals surface area contributed by atoms with E-state index in [1.165, 1.54) is 33.3 Å². The smallest absolute Gasteiger partial charge is 0.111 e. The second-order valence-electron chi connectivity index (χ2n) is 7.61. The quantitative estimate of drug-likeness (QED) is 0.449. The molecule has 2 aromatic rings. The SMILES string of the molecule is BC(=C1c2ccccc2C=Cc2ccccc21)C(B)(B)C(B)(B)Br. The van der Waals surface area contributed by atoms with E-state index in [9.17, 15) is 0 Å². The molecule has 0 fully saturated rings. The molecular weight excluding hydrogens is 350 g/mol. The Morgan fingerprint density at radius 3 is 1.58 bits per heavy atom. The molecule has 1 aliphatic rings. The first-order valence-corrected chi connectivity index (χ1v) is 9.30. The molecule has 0 nitrogen and oxygen atoms in total. The van der Waals surface area contributed by atoms with Crippen LogP contribution in [0, 0.1) is 0 Å². The van der Waals surface area contributed by atoms with E-state index in [2.05, 4.69) is 116 Å². The Morgan fingerprint density at radius 2 is 1.17 bits per heavy atom. The van der Waals surface area contributed by atoms with Crippen molar-refractivity contribution in [3.05, 3.63) is 76.3 Å². The number of alkyl halides is 1. The van der Waals surface area contributed by atoms with Crippen molar-refractivity contribution in [2.24, 2.45) is 0 Å². The van der Waals surface area contributed by atoms with Gasteiger partial charge in [0.25, 0.3) is 0 Å². The minimum absolute atomic E-state index is 0.000698. The van der Waals surface area contributed by atoms with E-state index in [0.29, 0.717) is 0 Å². The lowest BCUT2D eigenvalue weighted by Crippen LogP contribution is -2.41. The Labute approximate surface area is 158 Å². The highest BCUT2D eigenvalue weighted by atomic mass is 79.9. The first-order valence-electron chi connectivity index (χ1n) is 8.50. The fraction of sp³-hybridized carbons (Fsp3) is 0.111. The number of halogens is 1. The first kappa shape index (κ1) is 17.5. The fourth-order valence-corrected chi connectivity index (χ4v) is 3.52. The van der Waals surface area contributed by atoms with Crippen molar-refractivity contribution >= 4 is 72.9 Å². The number of hydrogen-bond donors (Lipinski definition) is 0. The summed E-state index contributed by atoms with van der Waals surface area (Å²) in [5, 5.41) is 0.00684. The summed E-state index contributed by atoms with van der Waals surface area (Å²) >= 11 is 3.92. The minimum atomic E-state index is 0.000698. The number of fused-ring (bicyclic) bond motifs is 2. The molecular formula is C18H20B5Br. The van der Waals surface area contributed by atoms with Crippen molar-refractivity contribution < 1.29 is 0 Å². The van der Waals surface area contributed by atoms with Crippen molar-refractivity contribution in [1.82, 2.24) is 0 Å². The Bertz CT molecular complexity index is 795. The lowest BCUT2D eigenvalue weighted by molar-refractivity contribution is 0.976. The van der Waals surface area contributed by atoms with Crippen molar-refractivity contribution in [2.45, 2.75) is 9.34 Å². The molecule has 0 radical (unpaired) electrons. The monoisotopic (exact) mass is 370 g/mol. The molecule has 0 bridgehead atoms. The maximum absolute atomic E-state index is 3.92. The Balaban J connectivity index is 2.39. The van der Waals surface area contributed by atoms with E-state index in [1.807, 2.05) is 0 Å². The van der Waals surface area contributed by atoms with Gasteiger partial charge in [-0.2, -0.15) is 0 Å². The topological polar surface area (TPSA) is 0 Å². The van der Waals surface area contributed by atoms with Crippen molar-refractivity contribution in [1.29, 1.82) is 0 Å². The fourth-order valence-electron chi connectivity index (χ4n) is 3.23. The van der Waals surface area contributed by atoms with Crippen LogP contribution in [0.1, 0.15) is 22.3 Å². The molecule has 0 aromatic heterocycles. The molecule has 0 spiro atoms. The first-order chi connectivity index (χ1) is 11.2. The summed E-state index contributed by atoms with van der Waals surface area (Å²) in [7, 11) is 11.5. The Hall–Kier alpha value is -1.28. The zero-order valence-corrected chi connectivity index (χ0v) is 16.7. The normalized spacial score (nSPS) is 13.8. The average Bonchev–Trinajstić information content (AvgIpc) is 2.70. The maximum atomic E-state index is 3.92. The molecule has 0 N–H and O–H groups in total. The van der Waals surface area contributed by atoms with Crippen molar-refractivity contribution in [3.63, 3.8) is 0 Å². The highest BCUT2D eigenvalue weighted by molar-refractivity contribution is 9.11. The van der Waals surface area contributed by atoms with Gasteiger partial charge in [0.1, 0.15) is 39.2 Å². The van der Waals surface area contributed by atoms with E-state index >= 15 is 0 Å². The van der Waals surface area contributed by atoms with Gasteiger partial charge in [-0.25, -0.2) is 0 Å². The predicted octanol–water partition coefficient (Wildman–Crippen LogP) is 0.260. The molecule has 1 aliphatic carbocycles. The molecule has 0 saturated heterocycles. The van der Waals surface area contributed by atoms with Gasteiger partial charge in [0.05, 0.1) is 0 Å². The van der Waals surface area contributed by atoms with E-state index in [0.717, 1.165) is 0 Å². The number of rotatable bonds is 2. The zero-order valence-electron chi connectivity index (χ0n) is 15.2. The standard InChI is InChI=1S/C18H20B5Br/c19-16(17(20,21)18(22,23)24)15-13-7-3-1-5-11(13)9-10-12-6-2-4-8-14(12)15/h1-10H,19-23H2. The molecule has 0 aliphatic heterocycles. The second kappa shape index (κ2) is 6.22. The molecule has 2 aromatic carbocycles. The van der Waals surface area contributed by atoms with Crippen LogP contribution in [-0.4, -0.2) is 43.4 Å². The Morgan fingerprint density at radius 1 is 0.750 bits per heavy atom. The zero-order chi connectivity index (χ0) is 17.5. The highest BCUT2D eigenvalue weighted by Crippen LogP contribution is 2.46. The predicted molar refractivity (Wildman–Crippen MR) is 125 cm³/mol. The van der Waals surface area contributed by atoms with Gasteiger partial charge in [-0.15, -0.1) is 21.4 Å². The number of benzene rings is 2. The molecule has 3 rings (SSSR count). The lowest BCUT2D eigenvalue weighted by atomic mass is 9.33. The summed E-state index contributed by atoms with van der Waals surface area (Å²) < 4.78 is 0.000698. The molecule has 0 heterocycles. The molecule has 114 valence electrons. The van der Waals surface area contributed by atoms with Crippen molar-refractivity contribution in [3.8, 4) is 0 Å². The highest BCUT2D eigenvalue weighted by Gasteiger charge is 2.37. The summed E-state index contributed by atoms with van der Waals surface area (Å²) in [6.07, 6.45) is 4.47. The molecule has 0 atom stereocenters. The molecule has 0 saturated carbocycles. The van der Waals surface area contributed by atoms with Crippen LogP contribution in [0.15, 0.2) is 54.0 Å². The van der Waals surface area contributed by atoms with Crippen LogP contribution < -0.4 is 0 Å². The summed E-state index contributed by atoms with van der Waals surface area (Å²) in [4.78, 5) is 0. The summed E-state index contributed by atoms with van der Waals surface area (Å²) in [5.74, 6) is 0. The number of allylic oxidation sites excluding steroid dienone is 1. The number of hydrogen-bond acceptors (Lipinski definition) is 0. The van der Waals surface area contributed by atoms with Gasteiger partial charge in [-0.05, 0) is 31.9 Å². The maximum Gasteiger partial charge on any atom is 0.133 e. The van der Waals surface area contributed by atoms with Crippen LogP contribution in [-0.2, 0) is 0 Å². The van der Waals surface area contributed by atoms with E-state index < -0.39 is 0 Å². The largest absolute Gasteiger partial charge is 0.133 e. The van der Waals surface area contributed by atoms with Crippen LogP contribution in [0.4, 0.5) is 0 Å². The minimum Gasteiger partial charge on any atom is -0.111 e. The molecule has 0 amide bonds. The van der Waals surface area contributed by atoms with Crippen LogP contribution in [0.3, 0.4) is 0 Å². The molecule has 0 unspecified atom stereocenters. The third-order valence-electron chi connectivity index (χ3n) is 5.70. The van der Waals surface area contributed by atoms with Crippen LogP contribution in [0.25, 0.3) is 17.7 Å². The summed E-state index contributed by atoms with van der Waals surface area (Å²) in [5.41, 5.74) is 7.98. The van der Waals surface area contributed by atoms with Crippen LogP contribution in [0.5, 0.6) is 0 Å². The van der Waals surface area contributed by atoms with Gasteiger partial charge in [-0.1, -0.05) is 65.9 Å². The molecule has 24 heavy (non-hydrogen) atoms. The van der Waals surface area contributed by atoms with Gasteiger partial charge in [0.2, 0.25) is 0 Å². The third kappa shape index (κ3) is 2.90. The van der Waals surface area contributed by atoms with Gasteiger partial charge in [0, 0.05) is 0 Å². The van der Waals surface area contributed by atoms with E-state index in [4.69, 9.17) is 0 Å². The van der Waals surface area contributed by atoms with Crippen LogP contribution in [0.2, 0.25) is 5.21 Å². The second-order valence-corrected chi connectivity index (χ2v) is 9.59.